The molecule has 0 amide bonds. The summed E-state index contributed by atoms with van der Waals surface area (Å²) in [4.78, 5) is 28.2. The molecule has 0 fully saturated rings. The van der Waals surface area contributed by atoms with E-state index < -0.39 is 30.0 Å². The SMILES string of the molecule is CC(=O)OCc1cc(-c2cnc(C(F)(F)F)nc2)cc(C)n1.Cc1cc(-c2cnc(C(F)(F)F)nc2)cc(C)[n+]1O. The third kappa shape index (κ3) is 8.40. The number of rotatable bonds is 4. The van der Waals surface area contributed by atoms with Crippen LogP contribution < -0.4 is 4.73 Å². The van der Waals surface area contributed by atoms with E-state index in [4.69, 9.17) is 4.74 Å². The van der Waals surface area contributed by atoms with Gasteiger partial charge in [-0.15, -0.1) is 0 Å². The number of aromatic nitrogens is 6. The van der Waals surface area contributed by atoms with Crippen molar-refractivity contribution in [3.05, 3.63) is 83.5 Å². The van der Waals surface area contributed by atoms with Crippen molar-refractivity contribution in [1.29, 1.82) is 0 Å². The van der Waals surface area contributed by atoms with Crippen LogP contribution in [0.3, 0.4) is 0 Å². The van der Waals surface area contributed by atoms with Crippen LogP contribution in [0.2, 0.25) is 0 Å². The lowest BCUT2D eigenvalue weighted by atomic mass is 10.1. The van der Waals surface area contributed by atoms with E-state index in [-0.39, 0.29) is 6.61 Å². The summed E-state index contributed by atoms with van der Waals surface area (Å²) in [6, 6.07) is 6.57. The standard InChI is InChI=1S/C14H12F3N3O2.C12H11F3N3O/c1-8-3-10(4-12(20-8)7-22-9(2)21)11-5-18-13(19-6-11)14(15,16)17;1-7-3-9(4-8(2)18(7)19)10-5-16-11(17-6-10)12(13,14)15/h3-6H,7H2,1-2H3;3-6,19H,1-2H3/q;+1. The highest BCUT2D eigenvalue weighted by atomic mass is 19.4. The first-order chi connectivity index (χ1) is 19.0. The van der Waals surface area contributed by atoms with Gasteiger partial charge >= 0.3 is 18.3 Å². The normalized spacial score (nSPS) is 11.5. The number of halogens is 6. The van der Waals surface area contributed by atoms with E-state index in [9.17, 15) is 36.3 Å². The third-order valence-electron chi connectivity index (χ3n) is 5.30. The fourth-order valence-corrected chi connectivity index (χ4v) is 3.46. The van der Waals surface area contributed by atoms with Gasteiger partial charge in [0.25, 0.3) is 0 Å². The van der Waals surface area contributed by atoms with Crippen LogP contribution in [0.15, 0.2) is 49.1 Å². The maximum atomic E-state index is 12.4. The molecule has 15 heteroatoms. The molecule has 0 aliphatic heterocycles. The number of ether oxygens (including phenoxy) is 1. The Balaban J connectivity index is 0.000000228. The van der Waals surface area contributed by atoms with Crippen molar-refractivity contribution in [2.75, 3.05) is 0 Å². The summed E-state index contributed by atoms with van der Waals surface area (Å²) >= 11 is 0. The molecular formula is C26H23F6N6O3+. The first kappa shape index (κ1) is 30.8. The quantitative estimate of drug-likeness (QED) is 0.151. The number of hydrogen-bond acceptors (Lipinski definition) is 8. The molecule has 4 heterocycles. The van der Waals surface area contributed by atoms with Crippen molar-refractivity contribution >= 4 is 5.97 Å². The second-order valence-corrected chi connectivity index (χ2v) is 8.69. The Hall–Kier alpha value is -4.69. The van der Waals surface area contributed by atoms with Gasteiger partial charge in [-0.25, -0.2) is 19.9 Å². The number of aryl methyl sites for hydroxylation is 3. The molecule has 4 rings (SSSR count). The van der Waals surface area contributed by atoms with Crippen molar-refractivity contribution in [3.8, 4) is 22.3 Å². The third-order valence-corrected chi connectivity index (χ3v) is 5.30. The number of esters is 1. The molecule has 0 atom stereocenters. The number of nitrogens with zero attached hydrogens (tertiary/aromatic N) is 6. The average Bonchev–Trinajstić information content (AvgIpc) is 2.89. The molecule has 9 nitrogen and oxygen atoms in total. The molecule has 0 aliphatic carbocycles. The summed E-state index contributed by atoms with van der Waals surface area (Å²) < 4.78 is 80.2. The minimum atomic E-state index is -4.58. The summed E-state index contributed by atoms with van der Waals surface area (Å²) in [6.07, 6.45) is -4.69. The second-order valence-electron chi connectivity index (χ2n) is 8.69. The fraction of sp³-hybridized carbons (Fsp3) is 0.269. The van der Waals surface area contributed by atoms with Crippen molar-refractivity contribution in [2.45, 2.75) is 46.7 Å². The zero-order valence-corrected chi connectivity index (χ0v) is 22.0. The van der Waals surface area contributed by atoms with E-state index >= 15 is 0 Å². The Kier molecular flexibility index (Phi) is 9.20. The molecule has 0 aromatic carbocycles. The number of pyridine rings is 2. The van der Waals surface area contributed by atoms with Crippen molar-refractivity contribution < 1.29 is 45.8 Å². The van der Waals surface area contributed by atoms with Crippen molar-refractivity contribution in [3.63, 3.8) is 0 Å². The van der Waals surface area contributed by atoms with Gasteiger partial charge in [0.15, 0.2) is 0 Å². The molecule has 216 valence electrons. The van der Waals surface area contributed by atoms with E-state index in [1.54, 1.807) is 45.0 Å². The van der Waals surface area contributed by atoms with Gasteiger partial charge in [0, 0.05) is 79.2 Å². The lowest BCUT2D eigenvalue weighted by Crippen LogP contribution is -2.36. The Morgan fingerprint density at radius 2 is 1.17 bits per heavy atom. The molecule has 0 radical (unpaired) electrons. The number of hydrogen-bond donors (Lipinski definition) is 1. The summed E-state index contributed by atoms with van der Waals surface area (Å²) in [6.45, 7) is 6.36. The van der Waals surface area contributed by atoms with Gasteiger partial charge in [0.05, 0.1) is 5.69 Å². The lowest BCUT2D eigenvalue weighted by molar-refractivity contribution is -0.912. The Morgan fingerprint density at radius 1 is 0.756 bits per heavy atom. The highest BCUT2D eigenvalue weighted by Gasteiger charge is 2.35. The van der Waals surface area contributed by atoms with Gasteiger partial charge in [-0.2, -0.15) is 26.3 Å². The largest absolute Gasteiger partial charge is 0.459 e. The highest BCUT2D eigenvalue weighted by Crippen LogP contribution is 2.28. The van der Waals surface area contributed by atoms with Gasteiger partial charge in [-0.3, -0.25) is 15.0 Å². The zero-order valence-electron chi connectivity index (χ0n) is 22.0. The van der Waals surface area contributed by atoms with Crippen LogP contribution >= 0.6 is 0 Å². The van der Waals surface area contributed by atoms with Crippen LogP contribution in [-0.4, -0.2) is 36.1 Å². The Labute approximate surface area is 229 Å². The van der Waals surface area contributed by atoms with Gasteiger partial charge in [-0.1, -0.05) is 0 Å². The van der Waals surface area contributed by atoms with Crippen molar-refractivity contribution in [1.82, 2.24) is 24.9 Å². The second kappa shape index (κ2) is 12.2. The van der Waals surface area contributed by atoms with Gasteiger partial charge in [0.1, 0.15) is 6.61 Å². The Bertz CT molecular complexity index is 1500. The maximum Gasteiger partial charge on any atom is 0.451 e. The summed E-state index contributed by atoms with van der Waals surface area (Å²) in [5.41, 5.74) is 4.38. The van der Waals surface area contributed by atoms with Crippen LogP contribution in [0.4, 0.5) is 26.3 Å². The predicted molar refractivity (Wildman–Crippen MR) is 130 cm³/mol. The van der Waals surface area contributed by atoms with Crippen LogP contribution in [0.25, 0.3) is 22.3 Å². The summed E-state index contributed by atoms with van der Waals surface area (Å²) in [7, 11) is 0. The van der Waals surface area contributed by atoms with E-state index in [1.807, 2.05) is 0 Å². The summed E-state index contributed by atoms with van der Waals surface area (Å²) in [5, 5.41) is 9.57. The lowest BCUT2D eigenvalue weighted by Gasteiger charge is -2.08. The molecule has 0 spiro atoms. The first-order valence-corrected chi connectivity index (χ1v) is 11.7. The van der Waals surface area contributed by atoms with Crippen LogP contribution in [0, 0.1) is 20.8 Å². The van der Waals surface area contributed by atoms with Gasteiger partial charge in [0.2, 0.25) is 23.0 Å². The van der Waals surface area contributed by atoms with E-state index in [0.717, 1.165) is 29.5 Å². The Morgan fingerprint density at radius 3 is 1.56 bits per heavy atom. The minimum absolute atomic E-state index is 0.00843. The molecular weight excluding hydrogens is 558 g/mol. The molecule has 0 unspecified atom stereocenters. The highest BCUT2D eigenvalue weighted by molar-refractivity contribution is 5.66. The predicted octanol–water partition coefficient (Wildman–Crippen LogP) is 5.23. The van der Waals surface area contributed by atoms with Crippen LogP contribution in [0.5, 0.6) is 0 Å². The van der Waals surface area contributed by atoms with Gasteiger partial charge < -0.3 is 4.74 Å². The molecule has 4 aromatic rings. The monoisotopic (exact) mass is 581 g/mol. The van der Waals surface area contributed by atoms with E-state index in [1.165, 1.54) is 6.92 Å². The molecule has 41 heavy (non-hydrogen) atoms. The molecule has 1 N–H and O–H groups in total. The minimum Gasteiger partial charge on any atom is -0.459 e. The maximum absolute atomic E-state index is 12.4. The molecule has 4 aromatic heterocycles. The average molecular weight is 581 g/mol. The summed E-state index contributed by atoms with van der Waals surface area (Å²) in [5.74, 6) is -2.80. The van der Waals surface area contributed by atoms with E-state index in [2.05, 4.69) is 24.9 Å². The van der Waals surface area contributed by atoms with Crippen LogP contribution in [-0.2, 0) is 28.5 Å². The number of carbonyl (C=O) groups excluding carboxylic acids is 1. The van der Waals surface area contributed by atoms with Crippen molar-refractivity contribution in [2.24, 2.45) is 0 Å². The number of alkyl halides is 6. The van der Waals surface area contributed by atoms with Gasteiger partial charge in [-0.05, 0) is 30.2 Å². The molecule has 0 bridgehead atoms. The molecule has 0 aliphatic rings. The molecule has 0 saturated heterocycles. The fourth-order valence-electron chi connectivity index (χ4n) is 3.46. The first-order valence-electron chi connectivity index (χ1n) is 11.7. The molecule has 0 saturated carbocycles. The van der Waals surface area contributed by atoms with E-state index in [0.29, 0.717) is 45.0 Å². The topological polar surface area (TPSA) is 115 Å². The van der Waals surface area contributed by atoms with Crippen LogP contribution in [0.1, 0.15) is 41.3 Å². The number of carbonyl (C=O) groups is 1. The zero-order chi connectivity index (χ0) is 30.5. The smallest absolute Gasteiger partial charge is 0.451 e.